The third-order valence-electron chi connectivity index (χ3n) is 3.40. The first-order valence-electron chi connectivity index (χ1n) is 6.50. The van der Waals surface area contributed by atoms with Crippen molar-refractivity contribution in [1.29, 1.82) is 0 Å². The molecule has 2 atom stereocenters. The molecule has 0 saturated heterocycles. The number of nitrogens with one attached hydrogen (secondary N) is 1. The molecule has 0 amide bonds. The van der Waals surface area contributed by atoms with Crippen molar-refractivity contribution in [1.82, 2.24) is 5.32 Å². The molecule has 0 spiro atoms. The Labute approximate surface area is 121 Å². The van der Waals surface area contributed by atoms with E-state index in [-0.39, 0.29) is 5.82 Å². The molecule has 1 aliphatic heterocycles. The molecule has 1 heterocycles. The summed E-state index contributed by atoms with van der Waals surface area (Å²) in [6.07, 6.45) is 2.26. The summed E-state index contributed by atoms with van der Waals surface area (Å²) in [5, 5.41) is 4.20. The molecule has 0 aromatic heterocycles. The Bertz CT molecular complexity index is 425. The molecule has 1 aliphatic rings. The highest BCUT2D eigenvalue weighted by Gasteiger charge is 2.30. The minimum absolute atomic E-state index is 0.154. The maximum absolute atomic E-state index is 13.6. The van der Waals surface area contributed by atoms with Crippen molar-refractivity contribution in [3.63, 3.8) is 0 Å². The molecule has 2 rings (SSSR count). The van der Waals surface area contributed by atoms with Crippen molar-refractivity contribution in [3.8, 4) is 0 Å². The summed E-state index contributed by atoms with van der Waals surface area (Å²) in [6.45, 7) is 5.41. The number of hydrogen-bond acceptors (Lipinski definition) is 2. The second-order valence-corrected chi connectivity index (χ2v) is 6.64. The zero-order valence-corrected chi connectivity index (χ0v) is 13.2. The quantitative estimate of drug-likeness (QED) is 0.861. The first-order chi connectivity index (χ1) is 8.69. The summed E-state index contributed by atoms with van der Waals surface area (Å²) in [5.41, 5.74) is 2.39. The Morgan fingerprint density at radius 3 is 2.89 bits per heavy atom. The van der Waals surface area contributed by atoms with Gasteiger partial charge in [0, 0.05) is 17.0 Å². The van der Waals surface area contributed by atoms with Gasteiger partial charge < -0.3 is 5.32 Å². The summed E-state index contributed by atoms with van der Waals surface area (Å²) < 4.78 is 14.2. The highest BCUT2D eigenvalue weighted by molar-refractivity contribution is 9.10. The van der Waals surface area contributed by atoms with Crippen molar-refractivity contribution < 1.29 is 4.39 Å². The molecular formula is C14H19BrFNS. The van der Waals surface area contributed by atoms with Crippen molar-refractivity contribution >= 4 is 27.7 Å². The van der Waals surface area contributed by atoms with E-state index >= 15 is 0 Å². The molecule has 0 fully saturated rings. The third kappa shape index (κ3) is 2.75. The molecule has 0 bridgehead atoms. The van der Waals surface area contributed by atoms with E-state index in [0.717, 1.165) is 30.7 Å². The van der Waals surface area contributed by atoms with Crippen LogP contribution in [-0.4, -0.2) is 11.8 Å². The Morgan fingerprint density at radius 1 is 1.44 bits per heavy atom. The van der Waals surface area contributed by atoms with E-state index in [4.69, 9.17) is 0 Å². The van der Waals surface area contributed by atoms with Crippen LogP contribution in [-0.2, 0) is 5.75 Å². The second-order valence-electron chi connectivity index (χ2n) is 4.62. The lowest BCUT2D eigenvalue weighted by Gasteiger charge is -2.34. The van der Waals surface area contributed by atoms with Crippen LogP contribution >= 0.6 is 27.7 Å². The van der Waals surface area contributed by atoms with E-state index in [2.05, 4.69) is 35.1 Å². The summed E-state index contributed by atoms with van der Waals surface area (Å²) in [6, 6.07) is 3.87. The van der Waals surface area contributed by atoms with Gasteiger partial charge in [0.25, 0.3) is 0 Å². The van der Waals surface area contributed by atoms with E-state index in [1.54, 1.807) is 6.07 Å². The topological polar surface area (TPSA) is 12.0 Å². The molecule has 0 saturated carbocycles. The minimum Gasteiger partial charge on any atom is -0.309 e. The Balaban J connectivity index is 2.35. The number of halogens is 2. The van der Waals surface area contributed by atoms with Crippen molar-refractivity contribution in [2.24, 2.45) is 0 Å². The Kier molecular flexibility index (Phi) is 5.10. The number of thioether (sulfide) groups is 1. The van der Waals surface area contributed by atoms with Crippen molar-refractivity contribution in [2.75, 3.05) is 6.54 Å². The standard InChI is InChI=1S/C14H19BrFNS/c1-3-7-17-14-9-5-6-11(16)13(15)10(9)8-18-12(14)4-2/h5-6,12,14,17H,3-4,7-8H2,1-2H3. The van der Waals surface area contributed by atoms with Crippen LogP contribution in [0.2, 0.25) is 0 Å². The highest BCUT2D eigenvalue weighted by atomic mass is 79.9. The van der Waals surface area contributed by atoms with Gasteiger partial charge in [0.1, 0.15) is 5.82 Å². The predicted octanol–water partition coefficient (Wildman–Crippen LogP) is 4.65. The molecule has 2 unspecified atom stereocenters. The molecule has 1 nitrogen and oxygen atoms in total. The van der Waals surface area contributed by atoms with Crippen molar-refractivity contribution in [2.45, 2.75) is 43.7 Å². The zero-order chi connectivity index (χ0) is 13.1. The van der Waals surface area contributed by atoms with Crippen LogP contribution in [0.5, 0.6) is 0 Å². The van der Waals surface area contributed by atoms with Crippen LogP contribution in [0.3, 0.4) is 0 Å². The van der Waals surface area contributed by atoms with E-state index in [9.17, 15) is 4.39 Å². The van der Waals surface area contributed by atoms with Gasteiger partial charge in [-0.2, -0.15) is 11.8 Å². The molecule has 4 heteroatoms. The largest absolute Gasteiger partial charge is 0.309 e. The summed E-state index contributed by atoms with van der Waals surface area (Å²) in [5.74, 6) is 0.745. The van der Waals surface area contributed by atoms with E-state index in [1.807, 2.05) is 17.8 Å². The molecule has 18 heavy (non-hydrogen) atoms. The second kappa shape index (κ2) is 6.40. The lowest BCUT2D eigenvalue weighted by molar-refractivity contribution is 0.496. The smallest absolute Gasteiger partial charge is 0.137 e. The van der Waals surface area contributed by atoms with Crippen LogP contribution in [0.25, 0.3) is 0 Å². The normalized spacial score (nSPS) is 22.9. The number of rotatable bonds is 4. The molecule has 0 radical (unpaired) electrons. The average Bonchev–Trinajstić information content (AvgIpc) is 2.40. The molecule has 1 aromatic carbocycles. The van der Waals surface area contributed by atoms with Crippen LogP contribution in [0.1, 0.15) is 43.9 Å². The van der Waals surface area contributed by atoms with E-state index in [1.165, 1.54) is 5.56 Å². The first-order valence-corrected chi connectivity index (χ1v) is 8.35. The molecule has 1 aromatic rings. The monoisotopic (exact) mass is 331 g/mol. The fraction of sp³-hybridized carbons (Fsp3) is 0.571. The summed E-state index contributed by atoms with van der Waals surface area (Å²) in [7, 11) is 0. The van der Waals surface area contributed by atoms with Gasteiger partial charge in [0.15, 0.2) is 0 Å². The van der Waals surface area contributed by atoms with Gasteiger partial charge in [-0.15, -0.1) is 0 Å². The van der Waals surface area contributed by atoms with Crippen LogP contribution in [0.15, 0.2) is 16.6 Å². The van der Waals surface area contributed by atoms with Crippen LogP contribution in [0, 0.1) is 5.82 Å². The Morgan fingerprint density at radius 2 is 2.22 bits per heavy atom. The van der Waals surface area contributed by atoms with Crippen LogP contribution < -0.4 is 5.32 Å². The number of hydrogen-bond donors (Lipinski definition) is 1. The summed E-state index contributed by atoms with van der Waals surface area (Å²) >= 11 is 5.32. The molecule has 0 aliphatic carbocycles. The van der Waals surface area contributed by atoms with Crippen molar-refractivity contribution in [3.05, 3.63) is 33.5 Å². The average molecular weight is 332 g/mol. The van der Waals surface area contributed by atoms with Gasteiger partial charge in [0.2, 0.25) is 0 Å². The number of benzene rings is 1. The SMILES string of the molecule is CCCNC1c2ccc(F)c(Br)c2CSC1CC. The van der Waals surface area contributed by atoms with Gasteiger partial charge >= 0.3 is 0 Å². The molecule has 1 N–H and O–H groups in total. The predicted molar refractivity (Wildman–Crippen MR) is 80.5 cm³/mol. The van der Waals surface area contributed by atoms with Gasteiger partial charge in [0.05, 0.1) is 4.47 Å². The Hall–Kier alpha value is -0.0600. The highest BCUT2D eigenvalue weighted by Crippen LogP contribution is 2.42. The minimum atomic E-state index is -0.154. The van der Waals surface area contributed by atoms with Gasteiger partial charge in [-0.1, -0.05) is 19.9 Å². The summed E-state index contributed by atoms with van der Waals surface area (Å²) in [4.78, 5) is 0. The van der Waals surface area contributed by atoms with Crippen LogP contribution in [0.4, 0.5) is 4.39 Å². The van der Waals surface area contributed by atoms with Gasteiger partial charge in [-0.3, -0.25) is 0 Å². The molecular weight excluding hydrogens is 313 g/mol. The van der Waals surface area contributed by atoms with Gasteiger partial charge in [-0.25, -0.2) is 4.39 Å². The van der Waals surface area contributed by atoms with E-state index < -0.39 is 0 Å². The molecule has 100 valence electrons. The first kappa shape index (κ1) is 14.4. The van der Waals surface area contributed by atoms with Gasteiger partial charge in [-0.05, 0) is 52.5 Å². The number of fused-ring (bicyclic) bond motifs is 1. The lowest BCUT2D eigenvalue weighted by Crippen LogP contribution is -2.34. The maximum Gasteiger partial charge on any atom is 0.137 e. The fourth-order valence-corrected chi connectivity index (χ4v) is 4.48. The fourth-order valence-electron chi connectivity index (χ4n) is 2.43. The lowest BCUT2D eigenvalue weighted by atomic mass is 9.96. The van der Waals surface area contributed by atoms with E-state index in [0.29, 0.717) is 15.8 Å². The maximum atomic E-state index is 13.6. The third-order valence-corrected chi connectivity index (χ3v) is 5.74. The zero-order valence-electron chi connectivity index (χ0n) is 10.8.